The zero-order valence-electron chi connectivity index (χ0n) is 16.8. The number of alkyl halides is 1. The number of nitrogens with one attached hydrogen (secondary N) is 4. The average Bonchev–Trinajstić information content (AvgIpc) is 2.74. The SMILES string of the molecule is O=C(O)CCNNS(=O)(=O)CC(Br)C(=O)c1ccc(OCCNC2=NCCCN2)cc1. The summed E-state index contributed by atoms with van der Waals surface area (Å²) in [5.74, 6) is -0.612. The summed E-state index contributed by atoms with van der Waals surface area (Å²) in [4.78, 5) is 28.3. The fourth-order valence-corrected chi connectivity index (χ4v) is 4.78. The van der Waals surface area contributed by atoms with Crippen LogP contribution in [0.3, 0.4) is 0 Å². The number of hydrogen-bond acceptors (Lipinski definition) is 9. The normalized spacial score (nSPS) is 14.8. The van der Waals surface area contributed by atoms with E-state index >= 15 is 0 Å². The Balaban J connectivity index is 1.75. The van der Waals surface area contributed by atoms with Crippen LogP contribution in [-0.4, -0.2) is 74.6 Å². The minimum Gasteiger partial charge on any atom is -0.492 e. The molecule has 0 fully saturated rings. The molecule has 1 aliphatic heterocycles. The van der Waals surface area contributed by atoms with Gasteiger partial charge in [0.05, 0.1) is 23.5 Å². The van der Waals surface area contributed by atoms with Crippen molar-refractivity contribution in [2.24, 2.45) is 4.99 Å². The van der Waals surface area contributed by atoms with Crippen LogP contribution < -0.4 is 25.6 Å². The average molecular weight is 520 g/mol. The summed E-state index contributed by atoms with van der Waals surface area (Å²) < 4.78 is 29.6. The van der Waals surface area contributed by atoms with Crippen molar-refractivity contribution in [3.8, 4) is 5.75 Å². The van der Waals surface area contributed by atoms with Crippen molar-refractivity contribution in [3.63, 3.8) is 0 Å². The van der Waals surface area contributed by atoms with E-state index in [0.29, 0.717) is 24.5 Å². The number of carbonyl (C=O) groups excluding carboxylic acids is 1. The summed E-state index contributed by atoms with van der Waals surface area (Å²) >= 11 is 3.11. The number of carboxylic acid groups (broad SMARTS) is 1. The highest BCUT2D eigenvalue weighted by molar-refractivity contribution is 9.10. The maximum Gasteiger partial charge on any atom is 0.304 e. The Hall–Kier alpha value is -2.22. The molecular weight excluding hydrogens is 494 g/mol. The Bertz CT molecular complexity index is 878. The van der Waals surface area contributed by atoms with E-state index in [0.717, 1.165) is 25.5 Å². The number of hydrogen-bond donors (Lipinski definition) is 5. The van der Waals surface area contributed by atoms with Gasteiger partial charge in [-0.25, -0.2) is 13.8 Å². The Morgan fingerprint density at radius 1 is 1.26 bits per heavy atom. The van der Waals surface area contributed by atoms with Gasteiger partial charge in [0.25, 0.3) is 0 Å². The molecule has 172 valence electrons. The lowest BCUT2D eigenvalue weighted by molar-refractivity contribution is -0.136. The van der Waals surface area contributed by atoms with Crippen LogP contribution in [-0.2, 0) is 14.8 Å². The van der Waals surface area contributed by atoms with Gasteiger partial charge in [-0.2, -0.15) is 4.83 Å². The van der Waals surface area contributed by atoms with Crippen LogP contribution in [0.4, 0.5) is 0 Å². The van der Waals surface area contributed by atoms with Gasteiger partial charge in [-0.3, -0.25) is 14.6 Å². The summed E-state index contributed by atoms with van der Waals surface area (Å²) in [5, 5.41) is 14.8. The van der Waals surface area contributed by atoms with Gasteiger partial charge in [0, 0.05) is 25.2 Å². The van der Waals surface area contributed by atoms with E-state index in [-0.39, 0.29) is 13.0 Å². The second-order valence-electron chi connectivity index (χ2n) is 6.60. The van der Waals surface area contributed by atoms with E-state index in [1.807, 2.05) is 0 Å². The molecule has 0 bridgehead atoms. The number of ketones is 1. The molecule has 0 saturated heterocycles. The van der Waals surface area contributed by atoms with Crippen molar-refractivity contribution >= 4 is 43.7 Å². The second-order valence-corrected chi connectivity index (χ2v) is 9.47. The topological polar surface area (TPSA) is 158 Å². The number of carbonyl (C=O) groups is 2. The second kappa shape index (κ2) is 12.6. The molecule has 13 heteroatoms. The van der Waals surface area contributed by atoms with E-state index in [1.54, 1.807) is 24.3 Å². The summed E-state index contributed by atoms with van der Waals surface area (Å²) in [7, 11) is -3.83. The van der Waals surface area contributed by atoms with Crippen molar-refractivity contribution < 1.29 is 27.9 Å². The molecule has 1 aromatic carbocycles. The smallest absolute Gasteiger partial charge is 0.304 e. The maximum atomic E-state index is 12.5. The predicted octanol–water partition coefficient (Wildman–Crippen LogP) is -0.151. The molecule has 31 heavy (non-hydrogen) atoms. The van der Waals surface area contributed by atoms with Crippen LogP contribution in [0.1, 0.15) is 23.2 Å². The highest BCUT2D eigenvalue weighted by atomic mass is 79.9. The van der Waals surface area contributed by atoms with Crippen LogP contribution in [0.5, 0.6) is 5.75 Å². The summed E-state index contributed by atoms with van der Waals surface area (Å²) in [6, 6.07) is 6.42. The van der Waals surface area contributed by atoms with Gasteiger partial charge in [-0.1, -0.05) is 15.9 Å². The zero-order valence-corrected chi connectivity index (χ0v) is 19.2. The van der Waals surface area contributed by atoms with Crippen molar-refractivity contribution in [2.45, 2.75) is 17.7 Å². The van der Waals surface area contributed by atoms with Crippen LogP contribution >= 0.6 is 15.9 Å². The number of aliphatic carboxylic acids is 1. The summed E-state index contributed by atoms with van der Waals surface area (Å²) in [5.41, 5.74) is 2.65. The first-order valence-corrected chi connectivity index (χ1v) is 12.2. The molecular formula is C18H26BrN5O6S. The Morgan fingerprint density at radius 3 is 2.65 bits per heavy atom. The van der Waals surface area contributed by atoms with Crippen molar-refractivity contribution in [1.29, 1.82) is 0 Å². The molecule has 1 unspecified atom stereocenters. The molecule has 0 spiro atoms. The fourth-order valence-electron chi connectivity index (χ4n) is 2.53. The largest absolute Gasteiger partial charge is 0.492 e. The number of rotatable bonds is 13. The van der Waals surface area contributed by atoms with Crippen LogP contribution in [0.15, 0.2) is 29.3 Å². The van der Waals surface area contributed by atoms with E-state index in [9.17, 15) is 18.0 Å². The van der Waals surface area contributed by atoms with Crippen molar-refractivity contribution in [2.75, 3.05) is 38.5 Å². The molecule has 1 atom stereocenters. The summed E-state index contributed by atoms with van der Waals surface area (Å²) in [6.07, 6.45) is 0.781. The lowest BCUT2D eigenvalue weighted by Crippen LogP contribution is -2.42. The third-order valence-electron chi connectivity index (χ3n) is 4.04. The number of sulfonamides is 1. The third kappa shape index (κ3) is 9.63. The van der Waals surface area contributed by atoms with Gasteiger partial charge in [-0.15, -0.1) is 0 Å². The number of aliphatic imine (C=N–C) groups is 1. The van der Waals surface area contributed by atoms with Crippen molar-refractivity contribution in [1.82, 2.24) is 20.9 Å². The number of hydrazine groups is 1. The van der Waals surface area contributed by atoms with Gasteiger partial charge >= 0.3 is 5.97 Å². The van der Waals surface area contributed by atoms with Crippen LogP contribution in [0.25, 0.3) is 0 Å². The first-order valence-electron chi connectivity index (χ1n) is 9.64. The molecule has 0 aliphatic carbocycles. The molecule has 1 heterocycles. The quantitative estimate of drug-likeness (QED) is 0.103. The molecule has 2 rings (SSSR count). The lowest BCUT2D eigenvalue weighted by atomic mass is 10.1. The minimum atomic E-state index is -3.83. The monoisotopic (exact) mass is 519 g/mol. The minimum absolute atomic E-state index is 0.0724. The number of nitrogens with zero attached hydrogens (tertiary/aromatic N) is 1. The zero-order chi connectivity index (χ0) is 22.7. The number of ether oxygens (including phenoxy) is 1. The number of halogens is 1. The molecule has 0 radical (unpaired) electrons. The standard InChI is InChI=1S/C18H26BrN5O6S/c19-15(12-31(28,29)24-23-9-6-16(25)26)17(27)13-2-4-14(5-3-13)30-11-10-22-18-20-7-1-8-21-18/h2-5,15,23-24H,1,6-12H2,(H,25,26)(H2,20,21,22). The molecule has 0 aromatic heterocycles. The molecule has 11 nitrogen and oxygen atoms in total. The first-order chi connectivity index (χ1) is 14.8. The molecule has 5 N–H and O–H groups in total. The lowest BCUT2D eigenvalue weighted by Gasteiger charge is -2.16. The van der Waals surface area contributed by atoms with E-state index in [4.69, 9.17) is 9.84 Å². The number of Topliss-reactive ketones (excluding diaryl/α,β-unsaturated/α-hetero) is 1. The van der Waals surface area contributed by atoms with Gasteiger partial charge < -0.3 is 20.5 Å². The highest BCUT2D eigenvalue weighted by Gasteiger charge is 2.24. The molecule has 1 aliphatic rings. The van der Waals surface area contributed by atoms with E-state index in [2.05, 4.69) is 41.8 Å². The summed E-state index contributed by atoms with van der Waals surface area (Å²) in [6.45, 7) is 2.61. The Kier molecular flexibility index (Phi) is 10.2. The van der Waals surface area contributed by atoms with Crippen LogP contribution in [0, 0.1) is 0 Å². The van der Waals surface area contributed by atoms with Gasteiger partial charge in [0.1, 0.15) is 12.4 Å². The number of benzene rings is 1. The van der Waals surface area contributed by atoms with Crippen molar-refractivity contribution in [3.05, 3.63) is 29.8 Å². The van der Waals surface area contributed by atoms with Gasteiger partial charge in [0.2, 0.25) is 10.0 Å². The van der Waals surface area contributed by atoms with E-state index < -0.39 is 32.4 Å². The first kappa shape index (κ1) is 25.0. The molecule has 1 aromatic rings. The maximum absolute atomic E-state index is 12.5. The van der Waals surface area contributed by atoms with Crippen LogP contribution in [0.2, 0.25) is 0 Å². The fraction of sp³-hybridized carbons (Fsp3) is 0.500. The molecule has 0 saturated carbocycles. The number of guanidine groups is 1. The molecule has 0 amide bonds. The predicted molar refractivity (Wildman–Crippen MR) is 119 cm³/mol. The Morgan fingerprint density at radius 2 is 2.00 bits per heavy atom. The van der Waals surface area contributed by atoms with Gasteiger partial charge in [-0.05, 0) is 30.7 Å². The van der Waals surface area contributed by atoms with E-state index in [1.165, 1.54) is 0 Å². The third-order valence-corrected chi connectivity index (χ3v) is 6.44. The Labute approximate surface area is 189 Å². The van der Waals surface area contributed by atoms with Gasteiger partial charge in [0.15, 0.2) is 11.7 Å². The number of carboxylic acids is 1. The highest BCUT2D eigenvalue weighted by Crippen LogP contribution is 2.16.